The van der Waals surface area contributed by atoms with E-state index in [2.05, 4.69) is 15.5 Å². The predicted molar refractivity (Wildman–Crippen MR) is 61.8 cm³/mol. The van der Waals surface area contributed by atoms with Crippen LogP contribution in [0.1, 0.15) is 10.4 Å². The summed E-state index contributed by atoms with van der Waals surface area (Å²) in [4.78, 5) is 17.4. The van der Waals surface area contributed by atoms with Crippen LogP contribution in [0.5, 0.6) is 0 Å². The van der Waals surface area contributed by atoms with Crippen LogP contribution in [0.25, 0.3) is 0 Å². The van der Waals surface area contributed by atoms with E-state index in [1.54, 1.807) is 23.2 Å². The summed E-state index contributed by atoms with van der Waals surface area (Å²) >= 11 is 0. The minimum Gasteiger partial charge on any atom is -0.369 e. The Morgan fingerprint density at radius 2 is 2.19 bits per heavy atom. The predicted octanol–water partition coefficient (Wildman–Crippen LogP) is -0.934. The van der Waals surface area contributed by atoms with Gasteiger partial charge >= 0.3 is 0 Å². The summed E-state index contributed by atoms with van der Waals surface area (Å²) in [5.74, 6) is 0.0893. The van der Waals surface area contributed by atoms with E-state index in [4.69, 9.17) is 11.5 Å². The van der Waals surface area contributed by atoms with E-state index in [0.29, 0.717) is 11.4 Å². The molecular weight excluding hydrogens is 208 g/mol. The van der Waals surface area contributed by atoms with E-state index in [1.165, 1.54) is 0 Å². The van der Waals surface area contributed by atoms with Crippen LogP contribution in [-0.4, -0.2) is 30.9 Å². The lowest BCUT2D eigenvalue weighted by Crippen LogP contribution is -2.29. The molecule has 0 saturated heterocycles. The Morgan fingerprint density at radius 3 is 2.75 bits per heavy atom. The maximum absolute atomic E-state index is 11.5. The quantitative estimate of drug-likeness (QED) is 0.347. The smallest absolute Gasteiger partial charge is 0.271 e. The lowest BCUT2D eigenvalue weighted by Gasteiger charge is -2.11. The second-order valence-corrected chi connectivity index (χ2v) is 3.27. The highest BCUT2D eigenvalue weighted by molar-refractivity contribution is 5.95. The summed E-state index contributed by atoms with van der Waals surface area (Å²) in [7, 11) is 3.67. The Balaban J connectivity index is 2.84. The van der Waals surface area contributed by atoms with E-state index < -0.39 is 0 Å². The fourth-order valence-corrected chi connectivity index (χ4v) is 0.984. The Morgan fingerprint density at radius 1 is 1.50 bits per heavy atom. The first-order valence-electron chi connectivity index (χ1n) is 4.53. The minimum atomic E-state index is -0.390. The van der Waals surface area contributed by atoms with Gasteiger partial charge in [-0.2, -0.15) is 0 Å². The molecule has 16 heavy (non-hydrogen) atoms. The van der Waals surface area contributed by atoms with Gasteiger partial charge in [0.2, 0.25) is 5.96 Å². The SMILES string of the molecule is CN(C)c1cc(C(=O)NN=C(N)N)ccn1. The standard InChI is InChI=1S/C9H14N6O/c1-15(2)7-5-6(3-4-12-7)8(16)13-14-9(10)11/h3-5H,1-2H3,(H,13,16)(H4,10,11,14). The van der Waals surface area contributed by atoms with Gasteiger partial charge in [0.25, 0.3) is 5.91 Å². The molecule has 1 heterocycles. The van der Waals surface area contributed by atoms with Gasteiger partial charge in [0, 0.05) is 25.9 Å². The van der Waals surface area contributed by atoms with Gasteiger partial charge in [-0.1, -0.05) is 0 Å². The molecule has 0 bridgehead atoms. The van der Waals surface area contributed by atoms with Crippen molar-refractivity contribution in [3.05, 3.63) is 23.9 Å². The molecule has 1 aromatic heterocycles. The molecule has 1 rings (SSSR count). The fourth-order valence-electron chi connectivity index (χ4n) is 0.984. The number of rotatable bonds is 3. The fraction of sp³-hybridized carbons (Fsp3) is 0.222. The molecule has 7 nitrogen and oxygen atoms in total. The minimum absolute atomic E-state index is 0.199. The van der Waals surface area contributed by atoms with Crippen molar-refractivity contribution in [1.29, 1.82) is 0 Å². The number of carbonyl (C=O) groups excluding carboxylic acids is 1. The number of hydrazone groups is 1. The monoisotopic (exact) mass is 222 g/mol. The zero-order valence-corrected chi connectivity index (χ0v) is 9.14. The normalized spacial score (nSPS) is 9.38. The Labute approximate surface area is 93.1 Å². The Bertz CT molecular complexity index is 410. The van der Waals surface area contributed by atoms with E-state index in [-0.39, 0.29) is 11.9 Å². The highest BCUT2D eigenvalue weighted by Gasteiger charge is 2.06. The maximum Gasteiger partial charge on any atom is 0.271 e. The van der Waals surface area contributed by atoms with E-state index in [1.807, 2.05) is 14.1 Å². The summed E-state index contributed by atoms with van der Waals surface area (Å²) in [5, 5.41) is 3.41. The van der Waals surface area contributed by atoms with E-state index in [0.717, 1.165) is 0 Å². The highest BCUT2D eigenvalue weighted by atomic mass is 16.2. The molecule has 5 N–H and O–H groups in total. The number of hydrogen-bond donors (Lipinski definition) is 3. The van der Waals surface area contributed by atoms with Gasteiger partial charge in [-0.3, -0.25) is 4.79 Å². The van der Waals surface area contributed by atoms with Gasteiger partial charge in [0.1, 0.15) is 5.82 Å². The summed E-state index contributed by atoms with van der Waals surface area (Å²) in [6.07, 6.45) is 1.54. The number of nitrogens with one attached hydrogen (secondary N) is 1. The van der Waals surface area contributed by atoms with Crippen LogP contribution >= 0.6 is 0 Å². The zero-order chi connectivity index (χ0) is 12.1. The largest absolute Gasteiger partial charge is 0.369 e. The first-order chi connectivity index (χ1) is 7.50. The molecule has 0 aromatic carbocycles. The third-order valence-corrected chi connectivity index (χ3v) is 1.75. The summed E-state index contributed by atoms with van der Waals surface area (Å²) < 4.78 is 0. The highest BCUT2D eigenvalue weighted by Crippen LogP contribution is 2.09. The number of hydrogen-bond acceptors (Lipinski definition) is 4. The van der Waals surface area contributed by atoms with Crippen molar-refractivity contribution < 1.29 is 4.79 Å². The molecule has 1 amide bonds. The molecule has 0 unspecified atom stereocenters. The number of amides is 1. The molecule has 0 aliphatic rings. The van der Waals surface area contributed by atoms with Gasteiger partial charge in [-0.05, 0) is 12.1 Å². The first kappa shape index (κ1) is 11.8. The summed E-state index contributed by atoms with van der Waals surface area (Å²) in [5.41, 5.74) is 12.8. The molecule has 0 aliphatic heterocycles. The van der Waals surface area contributed by atoms with Gasteiger partial charge < -0.3 is 16.4 Å². The average Bonchev–Trinajstić information content (AvgIpc) is 2.26. The molecule has 1 aromatic rings. The van der Waals surface area contributed by atoms with Crippen molar-refractivity contribution in [2.24, 2.45) is 16.6 Å². The van der Waals surface area contributed by atoms with Gasteiger partial charge in [0.05, 0.1) is 0 Å². The van der Waals surface area contributed by atoms with E-state index >= 15 is 0 Å². The third kappa shape index (κ3) is 3.12. The summed E-state index contributed by atoms with van der Waals surface area (Å²) in [6.45, 7) is 0. The topological polar surface area (TPSA) is 110 Å². The van der Waals surface area contributed by atoms with Crippen LogP contribution in [0, 0.1) is 0 Å². The zero-order valence-electron chi connectivity index (χ0n) is 9.14. The molecule has 0 atom stereocenters. The van der Waals surface area contributed by atoms with Crippen molar-refractivity contribution in [3.8, 4) is 0 Å². The average molecular weight is 222 g/mol. The molecule has 0 radical (unpaired) electrons. The molecule has 86 valence electrons. The van der Waals surface area contributed by atoms with Crippen LogP contribution in [0.3, 0.4) is 0 Å². The number of nitrogens with zero attached hydrogens (tertiary/aromatic N) is 3. The van der Waals surface area contributed by atoms with Gasteiger partial charge in [-0.15, -0.1) is 5.10 Å². The van der Waals surface area contributed by atoms with Crippen molar-refractivity contribution in [1.82, 2.24) is 10.4 Å². The molecule has 7 heteroatoms. The Hall–Kier alpha value is -2.31. The van der Waals surface area contributed by atoms with Crippen LogP contribution in [0.2, 0.25) is 0 Å². The number of pyridine rings is 1. The van der Waals surface area contributed by atoms with Gasteiger partial charge in [-0.25, -0.2) is 10.4 Å². The number of guanidine groups is 1. The number of nitrogens with two attached hydrogens (primary N) is 2. The summed E-state index contributed by atoms with van der Waals surface area (Å²) in [6, 6.07) is 3.21. The third-order valence-electron chi connectivity index (χ3n) is 1.75. The van der Waals surface area contributed by atoms with Crippen molar-refractivity contribution >= 4 is 17.7 Å². The maximum atomic E-state index is 11.5. The molecular formula is C9H14N6O. The number of anilines is 1. The van der Waals surface area contributed by atoms with Gasteiger partial charge in [0.15, 0.2) is 0 Å². The lowest BCUT2D eigenvalue weighted by molar-refractivity contribution is 0.0954. The molecule has 0 saturated carbocycles. The molecule has 0 spiro atoms. The van der Waals surface area contributed by atoms with Crippen LogP contribution < -0.4 is 21.8 Å². The van der Waals surface area contributed by atoms with Crippen molar-refractivity contribution in [2.45, 2.75) is 0 Å². The second-order valence-electron chi connectivity index (χ2n) is 3.27. The molecule has 0 aliphatic carbocycles. The lowest BCUT2D eigenvalue weighted by atomic mass is 10.2. The number of carbonyl (C=O) groups is 1. The van der Waals surface area contributed by atoms with Crippen molar-refractivity contribution in [3.63, 3.8) is 0 Å². The second kappa shape index (κ2) is 4.96. The van der Waals surface area contributed by atoms with Crippen LogP contribution in [0.15, 0.2) is 23.4 Å². The first-order valence-corrected chi connectivity index (χ1v) is 4.53. The molecule has 0 fully saturated rings. The van der Waals surface area contributed by atoms with Crippen LogP contribution in [-0.2, 0) is 0 Å². The van der Waals surface area contributed by atoms with Crippen LogP contribution in [0.4, 0.5) is 5.82 Å². The number of aromatic nitrogens is 1. The van der Waals surface area contributed by atoms with E-state index in [9.17, 15) is 4.79 Å². The Kier molecular flexibility index (Phi) is 3.65. The van der Waals surface area contributed by atoms with Crippen molar-refractivity contribution in [2.75, 3.05) is 19.0 Å².